The molecule has 0 aromatic carbocycles. The third kappa shape index (κ3) is 3.96. The van der Waals surface area contributed by atoms with E-state index in [2.05, 4.69) is 34.0 Å². The zero-order valence-corrected chi connectivity index (χ0v) is 11.9. The van der Waals surface area contributed by atoms with Gasteiger partial charge >= 0.3 is 0 Å². The fourth-order valence-electron chi connectivity index (χ4n) is 2.46. The van der Waals surface area contributed by atoms with Gasteiger partial charge < -0.3 is 10.1 Å². The highest BCUT2D eigenvalue weighted by Crippen LogP contribution is 2.21. The van der Waals surface area contributed by atoms with Crippen molar-refractivity contribution in [3.63, 3.8) is 0 Å². The zero-order valence-electron chi connectivity index (χ0n) is 11.9. The highest BCUT2D eigenvalue weighted by molar-refractivity contribution is 5.12. The summed E-state index contributed by atoms with van der Waals surface area (Å²) in [5, 5.41) is 3.57. The van der Waals surface area contributed by atoms with Gasteiger partial charge in [-0.3, -0.25) is 4.90 Å². The molecule has 1 N–H and O–H groups in total. The van der Waals surface area contributed by atoms with Crippen LogP contribution in [0.15, 0.2) is 18.7 Å². The first-order valence-electron chi connectivity index (χ1n) is 7.17. The highest BCUT2D eigenvalue weighted by atomic mass is 16.5. The summed E-state index contributed by atoms with van der Waals surface area (Å²) in [6, 6.07) is 0.176. The van der Waals surface area contributed by atoms with Crippen molar-refractivity contribution >= 4 is 0 Å². The molecule has 5 nitrogen and oxygen atoms in total. The molecule has 1 fully saturated rings. The lowest BCUT2D eigenvalue weighted by Gasteiger charge is -2.36. The van der Waals surface area contributed by atoms with E-state index >= 15 is 0 Å². The average Bonchev–Trinajstić information content (AvgIpc) is 2.49. The second-order valence-corrected chi connectivity index (χ2v) is 4.91. The number of ether oxygens (including phenoxy) is 1. The second-order valence-electron chi connectivity index (χ2n) is 4.91. The van der Waals surface area contributed by atoms with E-state index in [1.807, 2.05) is 12.4 Å². The summed E-state index contributed by atoms with van der Waals surface area (Å²) in [5.74, 6) is 0. The van der Waals surface area contributed by atoms with Crippen molar-refractivity contribution in [3.8, 4) is 0 Å². The minimum atomic E-state index is 0.172. The minimum absolute atomic E-state index is 0.172. The summed E-state index contributed by atoms with van der Waals surface area (Å²) in [4.78, 5) is 10.7. The van der Waals surface area contributed by atoms with Crippen LogP contribution in [0.25, 0.3) is 0 Å². The molecule has 0 spiro atoms. The van der Waals surface area contributed by atoms with Gasteiger partial charge in [-0.05, 0) is 19.5 Å². The van der Waals surface area contributed by atoms with Crippen LogP contribution >= 0.6 is 0 Å². The van der Waals surface area contributed by atoms with E-state index in [-0.39, 0.29) is 12.1 Å². The van der Waals surface area contributed by atoms with Gasteiger partial charge in [-0.1, -0.05) is 13.8 Å². The number of morpholine rings is 1. The van der Waals surface area contributed by atoms with Gasteiger partial charge in [0.05, 0.1) is 18.8 Å². The van der Waals surface area contributed by atoms with Gasteiger partial charge in [-0.25, -0.2) is 9.97 Å². The summed E-state index contributed by atoms with van der Waals surface area (Å²) in [7, 11) is 0. The zero-order chi connectivity index (χ0) is 13.5. The molecule has 2 unspecified atom stereocenters. The molecular formula is C14H24N4O. The van der Waals surface area contributed by atoms with Crippen molar-refractivity contribution in [2.45, 2.75) is 32.4 Å². The second kappa shape index (κ2) is 7.53. The average molecular weight is 264 g/mol. The maximum atomic E-state index is 5.96. The van der Waals surface area contributed by atoms with E-state index in [1.165, 1.54) is 0 Å². The van der Waals surface area contributed by atoms with Crippen LogP contribution in [0.3, 0.4) is 0 Å². The SMILES string of the molecule is CCCNC(c1cncnc1)C1CN(CC)CCO1. The first-order chi connectivity index (χ1) is 9.35. The van der Waals surface area contributed by atoms with Crippen LogP contribution in [0.2, 0.25) is 0 Å². The molecule has 2 heterocycles. The van der Waals surface area contributed by atoms with Gasteiger partial charge in [-0.2, -0.15) is 0 Å². The van der Waals surface area contributed by atoms with Crippen LogP contribution in [0.4, 0.5) is 0 Å². The summed E-state index contributed by atoms with van der Waals surface area (Å²) >= 11 is 0. The molecule has 2 atom stereocenters. The van der Waals surface area contributed by atoms with Gasteiger partial charge in [0.2, 0.25) is 0 Å². The quantitative estimate of drug-likeness (QED) is 0.837. The van der Waals surface area contributed by atoms with Crippen LogP contribution < -0.4 is 5.32 Å². The summed E-state index contributed by atoms with van der Waals surface area (Å²) < 4.78 is 5.96. The summed E-state index contributed by atoms with van der Waals surface area (Å²) in [5.41, 5.74) is 1.11. The van der Waals surface area contributed by atoms with Gasteiger partial charge in [0.25, 0.3) is 0 Å². The molecule has 106 valence electrons. The standard InChI is InChI=1S/C14H24N4O/c1-3-5-17-14(12-8-15-11-16-9-12)13-10-18(4-2)6-7-19-13/h8-9,11,13-14,17H,3-7,10H2,1-2H3. The predicted molar refractivity (Wildman–Crippen MR) is 74.9 cm³/mol. The summed E-state index contributed by atoms with van der Waals surface area (Å²) in [6.45, 7) is 9.22. The fraction of sp³-hybridized carbons (Fsp3) is 0.714. The number of rotatable bonds is 6. The molecule has 1 aromatic heterocycles. The Morgan fingerprint density at radius 3 is 2.89 bits per heavy atom. The Balaban J connectivity index is 2.08. The third-order valence-corrected chi connectivity index (χ3v) is 3.55. The van der Waals surface area contributed by atoms with Crippen molar-refractivity contribution < 1.29 is 4.74 Å². The maximum absolute atomic E-state index is 5.96. The molecule has 0 saturated carbocycles. The van der Waals surface area contributed by atoms with E-state index < -0.39 is 0 Å². The Hall–Kier alpha value is -1.04. The van der Waals surface area contributed by atoms with E-state index in [4.69, 9.17) is 4.74 Å². The third-order valence-electron chi connectivity index (χ3n) is 3.55. The Morgan fingerprint density at radius 1 is 1.42 bits per heavy atom. The molecule has 0 radical (unpaired) electrons. The topological polar surface area (TPSA) is 50.3 Å². The summed E-state index contributed by atoms with van der Waals surface area (Å²) in [6.07, 6.45) is 6.61. The molecule has 19 heavy (non-hydrogen) atoms. The van der Waals surface area contributed by atoms with E-state index in [0.717, 1.165) is 44.8 Å². The Bertz CT molecular complexity index is 360. The van der Waals surface area contributed by atoms with Crippen LogP contribution in [-0.2, 0) is 4.74 Å². The number of nitrogens with one attached hydrogen (secondary N) is 1. The van der Waals surface area contributed by atoms with Crippen molar-refractivity contribution in [3.05, 3.63) is 24.3 Å². The number of likely N-dealkylation sites (N-methyl/N-ethyl adjacent to an activating group) is 1. The normalized spacial score (nSPS) is 22.3. The molecule has 0 amide bonds. The van der Waals surface area contributed by atoms with Crippen LogP contribution in [0.5, 0.6) is 0 Å². The lowest BCUT2D eigenvalue weighted by Crippen LogP contribution is -2.48. The van der Waals surface area contributed by atoms with Gasteiger partial charge in [-0.15, -0.1) is 0 Å². The predicted octanol–water partition coefficient (Wildman–Crippen LogP) is 1.24. The molecule has 5 heteroatoms. The van der Waals surface area contributed by atoms with Crippen molar-refractivity contribution in [2.24, 2.45) is 0 Å². The van der Waals surface area contributed by atoms with Crippen molar-refractivity contribution in [2.75, 3.05) is 32.8 Å². The van der Waals surface area contributed by atoms with E-state index in [9.17, 15) is 0 Å². The van der Waals surface area contributed by atoms with Crippen LogP contribution in [0, 0.1) is 0 Å². The molecule has 1 aliphatic rings. The highest BCUT2D eigenvalue weighted by Gasteiger charge is 2.28. The first kappa shape index (κ1) is 14.4. The Labute approximate surface area is 115 Å². The van der Waals surface area contributed by atoms with Crippen LogP contribution in [0.1, 0.15) is 31.9 Å². The molecular weight excluding hydrogens is 240 g/mol. The van der Waals surface area contributed by atoms with Gasteiger partial charge in [0.1, 0.15) is 6.33 Å². The van der Waals surface area contributed by atoms with E-state index in [0.29, 0.717) is 0 Å². The number of aromatic nitrogens is 2. The lowest BCUT2D eigenvalue weighted by molar-refractivity contribution is -0.0456. The largest absolute Gasteiger partial charge is 0.374 e. The Kier molecular flexibility index (Phi) is 5.69. The minimum Gasteiger partial charge on any atom is -0.374 e. The number of hydrogen-bond donors (Lipinski definition) is 1. The number of nitrogens with zero attached hydrogens (tertiary/aromatic N) is 3. The lowest BCUT2D eigenvalue weighted by atomic mass is 10.0. The maximum Gasteiger partial charge on any atom is 0.115 e. The smallest absolute Gasteiger partial charge is 0.115 e. The van der Waals surface area contributed by atoms with Crippen molar-refractivity contribution in [1.82, 2.24) is 20.2 Å². The monoisotopic (exact) mass is 264 g/mol. The van der Waals surface area contributed by atoms with Crippen LogP contribution in [-0.4, -0.2) is 53.8 Å². The molecule has 1 aromatic rings. The van der Waals surface area contributed by atoms with Crippen molar-refractivity contribution in [1.29, 1.82) is 0 Å². The first-order valence-corrected chi connectivity index (χ1v) is 7.17. The Morgan fingerprint density at radius 2 is 2.21 bits per heavy atom. The van der Waals surface area contributed by atoms with Gasteiger partial charge in [0, 0.05) is 31.0 Å². The van der Waals surface area contributed by atoms with E-state index in [1.54, 1.807) is 6.33 Å². The van der Waals surface area contributed by atoms with Gasteiger partial charge in [0.15, 0.2) is 0 Å². The molecule has 0 bridgehead atoms. The molecule has 2 rings (SSSR count). The molecule has 0 aliphatic carbocycles. The number of hydrogen-bond acceptors (Lipinski definition) is 5. The molecule has 1 saturated heterocycles. The molecule has 1 aliphatic heterocycles. The fourth-order valence-corrected chi connectivity index (χ4v) is 2.46.